The van der Waals surface area contributed by atoms with Gasteiger partial charge in [0.1, 0.15) is 12.3 Å². The number of hydrogen-bond acceptors (Lipinski definition) is 3. The van der Waals surface area contributed by atoms with Crippen molar-refractivity contribution in [3.8, 4) is 0 Å². The largest absolute Gasteiger partial charge is 0.480 e. The molecule has 0 bridgehead atoms. The molecule has 1 aromatic heterocycles. The minimum Gasteiger partial charge on any atom is -0.480 e. The molecule has 0 spiro atoms. The molecule has 2 rings (SSSR count). The molecule has 0 aromatic carbocycles. The van der Waals surface area contributed by atoms with Gasteiger partial charge in [-0.15, -0.1) is 0 Å². The Balaban J connectivity index is 2.24. The van der Waals surface area contributed by atoms with Crippen molar-refractivity contribution in [2.24, 2.45) is 5.92 Å². The molecule has 1 aliphatic rings. The number of rotatable bonds is 2. The second-order valence-corrected chi connectivity index (χ2v) is 5.32. The molecule has 18 heavy (non-hydrogen) atoms. The van der Waals surface area contributed by atoms with Crippen LogP contribution in [-0.2, 0) is 4.79 Å². The van der Waals surface area contributed by atoms with Crippen molar-refractivity contribution in [2.45, 2.75) is 25.8 Å². The van der Waals surface area contributed by atoms with E-state index in [0.29, 0.717) is 16.8 Å². The lowest BCUT2D eigenvalue weighted by Crippen LogP contribution is -2.51. The van der Waals surface area contributed by atoms with Crippen LogP contribution in [0.25, 0.3) is 0 Å². The Labute approximate surface area is 113 Å². The van der Waals surface area contributed by atoms with Crippen molar-refractivity contribution < 1.29 is 19.1 Å². The summed E-state index contributed by atoms with van der Waals surface area (Å²) in [5, 5.41) is 9.25. The molecule has 6 heteroatoms. The number of nitrogens with zero attached hydrogens (tertiary/aromatic N) is 1. The van der Waals surface area contributed by atoms with Crippen molar-refractivity contribution in [1.82, 2.24) is 4.90 Å². The lowest BCUT2D eigenvalue weighted by molar-refractivity contribution is -0.145. The first-order valence-electron chi connectivity index (χ1n) is 5.78. The molecular weight excluding hydrogens is 302 g/mol. The molecule has 1 aliphatic heterocycles. The smallest absolute Gasteiger partial charge is 0.326 e. The number of halogens is 1. The van der Waals surface area contributed by atoms with E-state index in [4.69, 9.17) is 4.42 Å². The van der Waals surface area contributed by atoms with Crippen LogP contribution in [0.5, 0.6) is 0 Å². The van der Waals surface area contributed by atoms with Gasteiger partial charge in [-0.25, -0.2) is 4.79 Å². The SMILES string of the molecule is CC1CCCN(C(=O)c2coc(Br)c2)C1C(=O)O. The van der Waals surface area contributed by atoms with E-state index in [9.17, 15) is 14.7 Å². The summed E-state index contributed by atoms with van der Waals surface area (Å²) in [6.07, 6.45) is 3.00. The molecule has 1 saturated heterocycles. The predicted molar refractivity (Wildman–Crippen MR) is 67.3 cm³/mol. The molecule has 2 unspecified atom stereocenters. The fraction of sp³-hybridized carbons (Fsp3) is 0.500. The molecule has 0 aliphatic carbocycles. The van der Waals surface area contributed by atoms with Gasteiger partial charge in [0.05, 0.1) is 5.56 Å². The second kappa shape index (κ2) is 5.14. The summed E-state index contributed by atoms with van der Waals surface area (Å²) >= 11 is 3.13. The van der Waals surface area contributed by atoms with E-state index in [1.807, 2.05) is 6.92 Å². The van der Waals surface area contributed by atoms with Crippen molar-refractivity contribution in [2.75, 3.05) is 6.54 Å². The minimum atomic E-state index is -0.946. The van der Waals surface area contributed by atoms with Crippen LogP contribution < -0.4 is 0 Å². The number of carboxylic acid groups (broad SMARTS) is 1. The summed E-state index contributed by atoms with van der Waals surface area (Å²) in [6, 6.07) is 0.806. The number of amides is 1. The average molecular weight is 316 g/mol. The third-order valence-corrected chi connectivity index (χ3v) is 3.68. The first-order chi connectivity index (χ1) is 8.50. The lowest BCUT2D eigenvalue weighted by Gasteiger charge is -2.37. The van der Waals surface area contributed by atoms with Crippen LogP contribution in [-0.4, -0.2) is 34.5 Å². The highest BCUT2D eigenvalue weighted by molar-refractivity contribution is 9.10. The van der Waals surface area contributed by atoms with Crippen molar-refractivity contribution in [3.05, 3.63) is 22.6 Å². The van der Waals surface area contributed by atoms with Crippen LogP contribution in [0.15, 0.2) is 21.4 Å². The van der Waals surface area contributed by atoms with Gasteiger partial charge in [-0.05, 0) is 34.7 Å². The molecular formula is C12H14BrNO4. The zero-order valence-corrected chi connectivity index (χ0v) is 11.5. The quantitative estimate of drug-likeness (QED) is 0.909. The summed E-state index contributed by atoms with van der Waals surface area (Å²) in [5.74, 6) is -1.27. The highest BCUT2D eigenvalue weighted by Crippen LogP contribution is 2.26. The third kappa shape index (κ3) is 2.43. The number of aliphatic carboxylic acids is 1. The first-order valence-corrected chi connectivity index (χ1v) is 6.58. The average Bonchev–Trinajstić information content (AvgIpc) is 2.74. The lowest BCUT2D eigenvalue weighted by atomic mass is 9.90. The van der Waals surface area contributed by atoms with Gasteiger partial charge in [0.15, 0.2) is 4.67 Å². The number of piperidine rings is 1. The molecule has 1 amide bonds. The van der Waals surface area contributed by atoms with E-state index >= 15 is 0 Å². The minimum absolute atomic E-state index is 0.0319. The summed E-state index contributed by atoms with van der Waals surface area (Å²) in [6.45, 7) is 2.34. The van der Waals surface area contributed by atoms with Gasteiger partial charge in [0.25, 0.3) is 5.91 Å². The van der Waals surface area contributed by atoms with Crippen LogP contribution in [0.4, 0.5) is 0 Å². The number of likely N-dealkylation sites (tertiary alicyclic amines) is 1. The third-order valence-electron chi connectivity index (χ3n) is 3.26. The Kier molecular flexibility index (Phi) is 3.75. The molecule has 98 valence electrons. The molecule has 2 heterocycles. The number of hydrogen-bond donors (Lipinski definition) is 1. The van der Waals surface area contributed by atoms with E-state index in [1.54, 1.807) is 6.07 Å². The van der Waals surface area contributed by atoms with Gasteiger partial charge < -0.3 is 14.4 Å². The van der Waals surface area contributed by atoms with Gasteiger partial charge in [-0.2, -0.15) is 0 Å². The Morgan fingerprint density at radius 3 is 2.83 bits per heavy atom. The molecule has 2 atom stereocenters. The standard InChI is InChI=1S/C12H14BrNO4/c1-7-3-2-4-14(10(7)12(16)17)11(15)8-5-9(13)18-6-8/h5-7,10H,2-4H2,1H3,(H,16,17). The number of carbonyl (C=O) groups is 2. The Bertz CT molecular complexity index is 470. The predicted octanol–water partition coefficient (Wildman–Crippen LogP) is 2.37. The van der Waals surface area contributed by atoms with E-state index in [0.717, 1.165) is 12.8 Å². The van der Waals surface area contributed by atoms with Crippen molar-refractivity contribution in [1.29, 1.82) is 0 Å². The monoisotopic (exact) mass is 315 g/mol. The Morgan fingerprint density at radius 1 is 1.56 bits per heavy atom. The fourth-order valence-electron chi connectivity index (χ4n) is 2.38. The normalized spacial score (nSPS) is 24.0. The number of furan rings is 1. The first kappa shape index (κ1) is 13.1. The molecule has 1 aromatic rings. The van der Waals surface area contributed by atoms with E-state index in [-0.39, 0.29) is 11.8 Å². The molecule has 1 N–H and O–H groups in total. The maximum absolute atomic E-state index is 12.3. The van der Waals surface area contributed by atoms with E-state index in [1.165, 1.54) is 11.2 Å². The maximum Gasteiger partial charge on any atom is 0.326 e. The van der Waals surface area contributed by atoms with Gasteiger partial charge in [0.2, 0.25) is 0 Å². The van der Waals surface area contributed by atoms with Gasteiger partial charge in [0, 0.05) is 12.6 Å². The second-order valence-electron chi connectivity index (χ2n) is 4.54. The topological polar surface area (TPSA) is 70.8 Å². The van der Waals surface area contributed by atoms with Gasteiger partial charge >= 0.3 is 5.97 Å². The highest BCUT2D eigenvalue weighted by Gasteiger charge is 2.37. The molecule has 0 saturated carbocycles. The van der Waals surface area contributed by atoms with Crippen LogP contribution in [0.1, 0.15) is 30.1 Å². The summed E-state index contributed by atoms with van der Waals surface area (Å²) in [7, 11) is 0. The van der Waals surface area contributed by atoms with E-state index < -0.39 is 12.0 Å². The number of carbonyl (C=O) groups excluding carboxylic acids is 1. The highest BCUT2D eigenvalue weighted by atomic mass is 79.9. The fourth-order valence-corrected chi connectivity index (χ4v) is 2.72. The zero-order valence-electron chi connectivity index (χ0n) is 9.93. The number of carboxylic acids is 1. The van der Waals surface area contributed by atoms with Crippen LogP contribution in [0.3, 0.4) is 0 Å². The zero-order chi connectivity index (χ0) is 13.3. The van der Waals surface area contributed by atoms with Crippen molar-refractivity contribution >= 4 is 27.8 Å². The molecule has 5 nitrogen and oxygen atoms in total. The molecule has 0 radical (unpaired) electrons. The summed E-state index contributed by atoms with van der Waals surface area (Å²) in [5.41, 5.74) is 0.377. The van der Waals surface area contributed by atoms with Crippen molar-refractivity contribution in [3.63, 3.8) is 0 Å². The van der Waals surface area contributed by atoms with Crippen LogP contribution in [0.2, 0.25) is 0 Å². The van der Waals surface area contributed by atoms with Crippen LogP contribution >= 0.6 is 15.9 Å². The van der Waals surface area contributed by atoms with E-state index in [2.05, 4.69) is 15.9 Å². The summed E-state index contributed by atoms with van der Waals surface area (Å²) in [4.78, 5) is 25.0. The Hall–Kier alpha value is -1.30. The van der Waals surface area contributed by atoms with Crippen LogP contribution in [0, 0.1) is 5.92 Å². The van der Waals surface area contributed by atoms with Gasteiger partial charge in [-0.1, -0.05) is 6.92 Å². The molecule has 1 fully saturated rings. The maximum atomic E-state index is 12.3. The van der Waals surface area contributed by atoms with Gasteiger partial charge in [-0.3, -0.25) is 4.79 Å². The Morgan fingerprint density at radius 2 is 2.28 bits per heavy atom. The summed E-state index contributed by atoms with van der Waals surface area (Å²) < 4.78 is 5.48.